The molecule has 5 nitrogen and oxygen atoms in total. The number of nitrogens with zero attached hydrogens (tertiary/aromatic N) is 1. The second kappa shape index (κ2) is 8.34. The number of phenols is 1. The summed E-state index contributed by atoms with van der Waals surface area (Å²) in [6.07, 6.45) is 6.98. The standard InChI is InChI=1S/C14H21NO4/c1-2-3-4-5-6-7-10-19-14-9-8-12(15(17)18)11-13(14)16/h8-9,11,16H,2-7,10H2,1H3. The van der Waals surface area contributed by atoms with Crippen LogP contribution in [-0.2, 0) is 0 Å². The van der Waals surface area contributed by atoms with Gasteiger partial charge in [0.2, 0.25) is 0 Å². The molecule has 0 amide bonds. The van der Waals surface area contributed by atoms with Crippen molar-refractivity contribution in [1.82, 2.24) is 0 Å². The lowest BCUT2D eigenvalue weighted by Gasteiger charge is -2.07. The Kier molecular flexibility index (Phi) is 6.71. The number of aromatic hydroxyl groups is 1. The van der Waals surface area contributed by atoms with E-state index in [-0.39, 0.29) is 11.4 Å². The van der Waals surface area contributed by atoms with Gasteiger partial charge in [0.15, 0.2) is 11.5 Å². The number of phenolic OH excluding ortho intramolecular Hbond substituents is 1. The van der Waals surface area contributed by atoms with Crippen LogP contribution in [0.3, 0.4) is 0 Å². The van der Waals surface area contributed by atoms with Crippen LogP contribution in [0.5, 0.6) is 11.5 Å². The molecule has 0 aliphatic heterocycles. The second-order valence-electron chi connectivity index (χ2n) is 4.53. The Morgan fingerprint density at radius 1 is 1.21 bits per heavy atom. The third-order valence-corrected chi connectivity index (χ3v) is 2.91. The molecule has 0 atom stereocenters. The quantitative estimate of drug-likeness (QED) is 0.416. The minimum Gasteiger partial charge on any atom is -0.504 e. The van der Waals surface area contributed by atoms with Crippen LogP contribution in [0.4, 0.5) is 5.69 Å². The second-order valence-corrected chi connectivity index (χ2v) is 4.53. The fourth-order valence-electron chi connectivity index (χ4n) is 1.81. The molecule has 0 heterocycles. The van der Waals surface area contributed by atoms with Gasteiger partial charge in [0.05, 0.1) is 17.6 Å². The largest absolute Gasteiger partial charge is 0.504 e. The van der Waals surface area contributed by atoms with E-state index in [1.807, 2.05) is 0 Å². The molecule has 5 heteroatoms. The average molecular weight is 267 g/mol. The van der Waals surface area contributed by atoms with Gasteiger partial charge in [-0.2, -0.15) is 0 Å². The molecule has 0 bridgehead atoms. The number of hydrogen-bond donors (Lipinski definition) is 1. The van der Waals surface area contributed by atoms with Gasteiger partial charge in [0.1, 0.15) is 0 Å². The smallest absolute Gasteiger partial charge is 0.273 e. The molecule has 0 saturated carbocycles. The summed E-state index contributed by atoms with van der Waals surface area (Å²) in [4.78, 5) is 9.96. The molecule has 1 rings (SSSR count). The van der Waals surface area contributed by atoms with Crippen LogP contribution in [-0.4, -0.2) is 16.6 Å². The van der Waals surface area contributed by atoms with Gasteiger partial charge in [-0.1, -0.05) is 39.0 Å². The number of rotatable bonds is 9. The molecule has 19 heavy (non-hydrogen) atoms. The molecule has 1 aromatic rings. The highest BCUT2D eigenvalue weighted by atomic mass is 16.6. The molecule has 106 valence electrons. The maximum Gasteiger partial charge on any atom is 0.273 e. The molecule has 0 aromatic heterocycles. The SMILES string of the molecule is CCCCCCCCOc1ccc([N+](=O)[O-])cc1O. The van der Waals surface area contributed by atoms with Crippen LogP contribution in [0.25, 0.3) is 0 Å². The number of ether oxygens (including phenoxy) is 1. The lowest BCUT2D eigenvalue weighted by Crippen LogP contribution is -1.98. The summed E-state index contributed by atoms with van der Waals surface area (Å²) in [5.41, 5.74) is -0.135. The molecule has 0 fully saturated rings. The number of benzene rings is 1. The van der Waals surface area contributed by atoms with Gasteiger partial charge in [0, 0.05) is 6.07 Å². The molecule has 1 N–H and O–H groups in total. The molecular formula is C14H21NO4. The van der Waals surface area contributed by atoms with Crippen molar-refractivity contribution in [3.05, 3.63) is 28.3 Å². The zero-order valence-corrected chi connectivity index (χ0v) is 11.3. The summed E-state index contributed by atoms with van der Waals surface area (Å²) in [5.74, 6) is 0.124. The number of nitro benzene ring substituents is 1. The normalized spacial score (nSPS) is 10.4. The van der Waals surface area contributed by atoms with E-state index in [1.54, 1.807) is 0 Å². The zero-order chi connectivity index (χ0) is 14.1. The molecule has 0 radical (unpaired) electrons. The Bertz CT molecular complexity index is 406. The molecular weight excluding hydrogens is 246 g/mol. The number of nitro groups is 1. The fourth-order valence-corrected chi connectivity index (χ4v) is 1.81. The van der Waals surface area contributed by atoms with Crippen LogP contribution in [0.2, 0.25) is 0 Å². The molecule has 0 aliphatic carbocycles. The fraction of sp³-hybridized carbons (Fsp3) is 0.571. The highest BCUT2D eigenvalue weighted by molar-refractivity contribution is 5.47. The van der Waals surface area contributed by atoms with E-state index >= 15 is 0 Å². The Morgan fingerprint density at radius 3 is 2.53 bits per heavy atom. The average Bonchev–Trinajstić information content (AvgIpc) is 2.39. The number of hydrogen-bond acceptors (Lipinski definition) is 4. The van der Waals surface area contributed by atoms with Gasteiger partial charge in [-0.15, -0.1) is 0 Å². The summed E-state index contributed by atoms with van der Waals surface area (Å²) in [7, 11) is 0. The van der Waals surface area contributed by atoms with Gasteiger partial charge in [-0.3, -0.25) is 10.1 Å². The van der Waals surface area contributed by atoms with Crippen molar-refractivity contribution in [3.8, 4) is 11.5 Å². The van der Waals surface area contributed by atoms with Crippen LogP contribution in [0, 0.1) is 10.1 Å². The topological polar surface area (TPSA) is 72.6 Å². The first-order valence-corrected chi connectivity index (χ1v) is 6.75. The van der Waals surface area contributed by atoms with Crippen molar-refractivity contribution in [2.24, 2.45) is 0 Å². The summed E-state index contributed by atoms with van der Waals surface area (Å²) in [5, 5.41) is 20.1. The van der Waals surface area contributed by atoms with Crippen LogP contribution < -0.4 is 4.74 Å². The third-order valence-electron chi connectivity index (χ3n) is 2.91. The first kappa shape index (κ1) is 15.3. The summed E-state index contributed by atoms with van der Waals surface area (Å²) in [6, 6.07) is 3.87. The summed E-state index contributed by atoms with van der Waals surface area (Å²) in [6.45, 7) is 2.71. The van der Waals surface area contributed by atoms with E-state index in [0.717, 1.165) is 18.9 Å². The van der Waals surface area contributed by atoms with Gasteiger partial charge in [-0.25, -0.2) is 0 Å². The van der Waals surface area contributed by atoms with E-state index in [4.69, 9.17) is 4.74 Å². The lowest BCUT2D eigenvalue weighted by molar-refractivity contribution is -0.385. The van der Waals surface area contributed by atoms with Crippen molar-refractivity contribution in [1.29, 1.82) is 0 Å². The molecule has 1 aromatic carbocycles. The van der Waals surface area contributed by atoms with Crippen LogP contribution in [0.15, 0.2) is 18.2 Å². The maximum absolute atomic E-state index is 10.5. The van der Waals surface area contributed by atoms with Gasteiger partial charge >= 0.3 is 0 Å². The lowest BCUT2D eigenvalue weighted by atomic mass is 10.1. The van der Waals surface area contributed by atoms with E-state index in [0.29, 0.717) is 12.4 Å². The highest BCUT2D eigenvalue weighted by Gasteiger charge is 2.10. The summed E-state index contributed by atoms with van der Waals surface area (Å²) >= 11 is 0. The molecule has 0 spiro atoms. The zero-order valence-electron chi connectivity index (χ0n) is 11.3. The predicted octanol–water partition coefficient (Wildman–Crippen LogP) is 4.04. The van der Waals surface area contributed by atoms with E-state index in [2.05, 4.69) is 6.92 Å². The van der Waals surface area contributed by atoms with E-state index in [1.165, 1.54) is 37.8 Å². The predicted molar refractivity (Wildman–Crippen MR) is 73.6 cm³/mol. The molecule has 0 aliphatic rings. The minimum absolute atomic E-state index is 0.135. The maximum atomic E-state index is 10.5. The third kappa shape index (κ3) is 5.59. The molecule has 0 saturated heterocycles. The van der Waals surface area contributed by atoms with Crippen molar-refractivity contribution in [3.63, 3.8) is 0 Å². The number of unbranched alkanes of at least 4 members (excludes halogenated alkanes) is 5. The van der Waals surface area contributed by atoms with Crippen LogP contribution in [0.1, 0.15) is 45.4 Å². The van der Waals surface area contributed by atoms with E-state index < -0.39 is 4.92 Å². The highest BCUT2D eigenvalue weighted by Crippen LogP contribution is 2.30. The Hall–Kier alpha value is -1.78. The van der Waals surface area contributed by atoms with Gasteiger partial charge < -0.3 is 9.84 Å². The van der Waals surface area contributed by atoms with Crippen molar-refractivity contribution in [2.45, 2.75) is 45.4 Å². The Morgan fingerprint density at radius 2 is 1.89 bits per heavy atom. The monoisotopic (exact) mass is 267 g/mol. The summed E-state index contributed by atoms with van der Waals surface area (Å²) < 4.78 is 5.41. The van der Waals surface area contributed by atoms with E-state index in [9.17, 15) is 15.2 Å². The molecule has 0 unspecified atom stereocenters. The number of non-ortho nitro benzene ring substituents is 1. The minimum atomic E-state index is -0.544. The van der Waals surface area contributed by atoms with Crippen molar-refractivity contribution < 1.29 is 14.8 Å². The van der Waals surface area contributed by atoms with Crippen LogP contribution >= 0.6 is 0 Å². The van der Waals surface area contributed by atoms with Crippen molar-refractivity contribution in [2.75, 3.05) is 6.61 Å². The van der Waals surface area contributed by atoms with Gasteiger partial charge in [-0.05, 0) is 12.5 Å². The first-order valence-electron chi connectivity index (χ1n) is 6.75. The Labute approximate surface area is 113 Å². The van der Waals surface area contributed by atoms with Gasteiger partial charge in [0.25, 0.3) is 5.69 Å². The first-order chi connectivity index (χ1) is 9.15. The Balaban J connectivity index is 2.28. The van der Waals surface area contributed by atoms with Crippen molar-refractivity contribution >= 4 is 5.69 Å².